The number of ether oxygens (including phenoxy) is 1. The van der Waals surface area contributed by atoms with Gasteiger partial charge in [0, 0.05) is 6.42 Å². The van der Waals surface area contributed by atoms with E-state index in [1.54, 1.807) is 0 Å². The average Bonchev–Trinajstić information content (AvgIpc) is 2.96. The van der Waals surface area contributed by atoms with Crippen molar-refractivity contribution in [3.05, 3.63) is 71.8 Å². The summed E-state index contributed by atoms with van der Waals surface area (Å²) in [6, 6.07) is 18.2. The molecule has 0 N–H and O–H groups in total. The van der Waals surface area contributed by atoms with Gasteiger partial charge in [-0.05, 0) is 11.1 Å². The zero-order valence-corrected chi connectivity index (χ0v) is 12.6. The van der Waals surface area contributed by atoms with E-state index in [2.05, 4.69) is 0 Å². The molecule has 1 atom stereocenters. The van der Waals surface area contributed by atoms with Crippen molar-refractivity contribution in [2.24, 2.45) is 0 Å². The number of amides is 1. The molecule has 0 radical (unpaired) electrons. The smallest absolute Gasteiger partial charge is 0.434 e. The Morgan fingerprint density at radius 2 is 1.65 bits per heavy atom. The van der Waals surface area contributed by atoms with Crippen molar-refractivity contribution in [3.63, 3.8) is 0 Å². The Labute approximate surface area is 134 Å². The summed E-state index contributed by atoms with van der Waals surface area (Å²) in [5.41, 5.74) is 1.82. The van der Waals surface area contributed by atoms with Crippen LogP contribution in [0.1, 0.15) is 11.1 Å². The van der Waals surface area contributed by atoms with E-state index in [1.807, 2.05) is 60.7 Å². The predicted octanol–water partition coefficient (Wildman–Crippen LogP) is 2.75. The van der Waals surface area contributed by atoms with Gasteiger partial charge in [0.05, 0.1) is 0 Å². The van der Waals surface area contributed by atoms with Crippen LogP contribution in [0.3, 0.4) is 0 Å². The number of carbonyl (C=O) groups excluding carboxylic acids is 2. The molecule has 1 aliphatic rings. The van der Waals surface area contributed by atoms with Gasteiger partial charge in [-0.2, -0.15) is 5.06 Å². The highest BCUT2D eigenvalue weighted by Gasteiger charge is 2.39. The number of Topliss-reactive ketones (excluding diaryl/α,β-unsaturated/α-hetero) is 1. The average molecular weight is 311 g/mol. The van der Waals surface area contributed by atoms with Crippen LogP contribution in [0, 0.1) is 0 Å². The second kappa shape index (κ2) is 7.07. The highest BCUT2D eigenvalue weighted by Crippen LogP contribution is 2.17. The van der Waals surface area contributed by atoms with Crippen LogP contribution in [0.2, 0.25) is 0 Å². The minimum absolute atomic E-state index is 0.0271. The summed E-state index contributed by atoms with van der Waals surface area (Å²) in [6.07, 6.45) is -0.375. The van der Waals surface area contributed by atoms with Gasteiger partial charge in [0.1, 0.15) is 13.2 Å². The third kappa shape index (κ3) is 3.76. The number of nitrogens with zero attached hydrogens (tertiary/aromatic N) is 1. The summed E-state index contributed by atoms with van der Waals surface area (Å²) in [5.74, 6) is -0.102. The molecule has 0 saturated carbocycles. The van der Waals surface area contributed by atoms with E-state index in [0.29, 0.717) is 0 Å². The molecule has 5 nitrogen and oxygen atoms in total. The Balaban J connectivity index is 1.63. The number of carbonyl (C=O) groups is 2. The van der Waals surface area contributed by atoms with Crippen molar-refractivity contribution in [3.8, 4) is 0 Å². The van der Waals surface area contributed by atoms with Gasteiger partial charge < -0.3 is 4.74 Å². The Kier molecular flexibility index (Phi) is 4.68. The van der Waals surface area contributed by atoms with E-state index in [1.165, 1.54) is 0 Å². The van der Waals surface area contributed by atoms with E-state index in [0.717, 1.165) is 16.2 Å². The second-order valence-electron chi connectivity index (χ2n) is 5.31. The number of hydroxylamine groups is 2. The Bertz CT molecular complexity index is 672. The lowest BCUT2D eigenvalue weighted by molar-refractivity contribution is -0.156. The molecule has 1 saturated heterocycles. The Morgan fingerprint density at radius 3 is 2.30 bits per heavy atom. The van der Waals surface area contributed by atoms with Gasteiger partial charge in [-0.25, -0.2) is 4.79 Å². The standard InChI is InChI=1S/C18H17NO4/c20-17(11-14-7-3-1-4-8-14)16-13-22-18(21)19(16)23-12-15-9-5-2-6-10-15/h1-10,16H,11-13H2. The van der Waals surface area contributed by atoms with E-state index in [-0.39, 0.29) is 25.4 Å². The van der Waals surface area contributed by atoms with Crippen LogP contribution in [-0.4, -0.2) is 29.6 Å². The van der Waals surface area contributed by atoms with E-state index < -0.39 is 12.1 Å². The van der Waals surface area contributed by atoms with Crippen LogP contribution >= 0.6 is 0 Å². The van der Waals surface area contributed by atoms with Crippen LogP contribution < -0.4 is 0 Å². The number of hydrogen-bond donors (Lipinski definition) is 0. The van der Waals surface area contributed by atoms with Gasteiger partial charge in [-0.15, -0.1) is 0 Å². The molecule has 1 amide bonds. The summed E-state index contributed by atoms with van der Waals surface area (Å²) >= 11 is 0. The third-order valence-electron chi connectivity index (χ3n) is 3.63. The number of hydrogen-bond acceptors (Lipinski definition) is 4. The summed E-state index contributed by atoms with van der Waals surface area (Å²) < 4.78 is 4.97. The zero-order chi connectivity index (χ0) is 16.1. The zero-order valence-electron chi connectivity index (χ0n) is 12.6. The minimum atomic E-state index is -0.702. The van der Waals surface area contributed by atoms with Crippen molar-refractivity contribution >= 4 is 11.9 Å². The molecular formula is C18H17NO4. The lowest BCUT2D eigenvalue weighted by Gasteiger charge is -2.19. The van der Waals surface area contributed by atoms with Gasteiger partial charge in [0.25, 0.3) is 0 Å². The van der Waals surface area contributed by atoms with Crippen molar-refractivity contribution < 1.29 is 19.2 Å². The molecule has 2 aromatic rings. The van der Waals surface area contributed by atoms with E-state index >= 15 is 0 Å². The Hall–Kier alpha value is -2.66. The maximum Gasteiger partial charge on any atom is 0.434 e. The normalized spacial score (nSPS) is 17.1. The van der Waals surface area contributed by atoms with Crippen LogP contribution in [0.15, 0.2) is 60.7 Å². The van der Waals surface area contributed by atoms with Gasteiger partial charge in [-0.1, -0.05) is 60.7 Å². The quantitative estimate of drug-likeness (QED) is 0.823. The van der Waals surface area contributed by atoms with Crippen molar-refractivity contribution in [2.45, 2.75) is 19.1 Å². The predicted molar refractivity (Wildman–Crippen MR) is 83.4 cm³/mol. The molecule has 2 aromatic carbocycles. The number of cyclic esters (lactones) is 1. The summed E-state index contributed by atoms with van der Waals surface area (Å²) in [5, 5.41) is 1.05. The molecule has 3 rings (SSSR count). The molecule has 0 aliphatic carbocycles. The highest BCUT2D eigenvalue weighted by atomic mass is 16.7. The third-order valence-corrected chi connectivity index (χ3v) is 3.63. The van der Waals surface area contributed by atoms with Crippen molar-refractivity contribution in [2.75, 3.05) is 6.61 Å². The maximum absolute atomic E-state index is 12.4. The molecule has 118 valence electrons. The summed E-state index contributed by atoms with van der Waals surface area (Å²) in [7, 11) is 0. The SMILES string of the molecule is O=C(Cc1ccccc1)C1COC(=O)N1OCc1ccccc1. The second-order valence-corrected chi connectivity index (χ2v) is 5.31. The number of rotatable bonds is 6. The van der Waals surface area contributed by atoms with Gasteiger partial charge in [0.2, 0.25) is 0 Å². The van der Waals surface area contributed by atoms with E-state index in [9.17, 15) is 9.59 Å². The maximum atomic E-state index is 12.4. The molecule has 1 aliphatic heterocycles. The topological polar surface area (TPSA) is 55.8 Å². The summed E-state index contributed by atoms with van der Waals surface area (Å²) in [4.78, 5) is 29.7. The first-order valence-corrected chi connectivity index (χ1v) is 7.43. The Morgan fingerprint density at radius 1 is 1.04 bits per heavy atom. The molecular weight excluding hydrogens is 294 g/mol. The van der Waals surface area contributed by atoms with Crippen LogP contribution in [0.4, 0.5) is 4.79 Å². The number of ketones is 1. The monoisotopic (exact) mass is 311 g/mol. The van der Waals surface area contributed by atoms with E-state index in [4.69, 9.17) is 9.57 Å². The largest absolute Gasteiger partial charge is 0.445 e. The minimum Gasteiger partial charge on any atom is -0.445 e. The molecule has 0 bridgehead atoms. The fourth-order valence-electron chi connectivity index (χ4n) is 2.41. The van der Waals surface area contributed by atoms with Crippen LogP contribution in [0.5, 0.6) is 0 Å². The number of benzene rings is 2. The fraction of sp³-hybridized carbons (Fsp3) is 0.222. The van der Waals surface area contributed by atoms with Gasteiger partial charge >= 0.3 is 6.09 Å². The van der Waals surface area contributed by atoms with Gasteiger partial charge in [-0.3, -0.25) is 9.63 Å². The summed E-state index contributed by atoms with van der Waals surface area (Å²) in [6.45, 7) is 0.240. The van der Waals surface area contributed by atoms with Gasteiger partial charge in [0.15, 0.2) is 11.8 Å². The first-order valence-electron chi connectivity index (χ1n) is 7.43. The molecule has 1 fully saturated rings. The molecule has 0 aromatic heterocycles. The highest BCUT2D eigenvalue weighted by molar-refractivity contribution is 5.90. The molecule has 23 heavy (non-hydrogen) atoms. The van der Waals surface area contributed by atoms with Crippen LogP contribution in [0.25, 0.3) is 0 Å². The first-order chi connectivity index (χ1) is 11.2. The lowest BCUT2D eigenvalue weighted by Crippen LogP contribution is -2.40. The first kappa shape index (κ1) is 15.2. The molecule has 1 unspecified atom stereocenters. The molecule has 1 heterocycles. The van der Waals surface area contributed by atoms with Crippen molar-refractivity contribution in [1.82, 2.24) is 5.06 Å². The lowest BCUT2D eigenvalue weighted by atomic mass is 10.0. The van der Waals surface area contributed by atoms with Crippen molar-refractivity contribution in [1.29, 1.82) is 0 Å². The fourth-order valence-corrected chi connectivity index (χ4v) is 2.41. The molecule has 5 heteroatoms. The molecule has 0 spiro atoms. The van der Waals surface area contributed by atoms with Crippen LogP contribution in [-0.2, 0) is 27.4 Å².